The molecule has 1 N–H and O–H groups in total. The number of hydrogen-bond donors (Lipinski definition) is 1. The first-order chi connectivity index (χ1) is 12.2. The quantitative estimate of drug-likeness (QED) is 0.890. The molecular weight excluding hydrogens is 310 g/mol. The van der Waals surface area contributed by atoms with E-state index in [0.717, 1.165) is 29.9 Å². The number of benzene rings is 2. The molecule has 130 valence electrons. The van der Waals surface area contributed by atoms with E-state index >= 15 is 0 Å². The van der Waals surface area contributed by atoms with Gasteiger partial charge in [0.1, 0.15) is 6.17 Å². The van der Waals surface area contributed by atoms with Gasteiger partial charge in [0.25, 0.3) is 5.91 Å². The van der Waals surface area contributed by atoms with Crippen molar-refractivity contribution < 1.29 is 4.79 Å². The molecule has 2 aliphatic rings. The van der Waals surface area contributed by atoms with Gasteiger partial charge in [-0.25, -0.2) is 0 Å². The van der Waals surface area contributed by atoms with Gasteiger partial charge in [-0.3, -0.25) is 4.79 Å². The predicted octanol–water partition coefficient (Wildman–Crippen LogP) is 4.26. The van der Waals surface area contributed by atoms with Crippen molar-refractivity contribution in [3.63, 3.8) is 0 Å². The zero-order valence-corrected chi connectivity index (χ0v) is 14.7. The molecule has 1 atom stereocenters. The lowest BCUT2D eigenvalue weighted by atomic mass is 10.0. The normalized spacial score (nSPS) is 20.7. The van der Waals surface area contributed by atoms with Crippen molar-refractivity contribution in [3.05, 3.63) is 59.7 Å². The molecule has 0 aliphatic carbocycles. The summed E-state index contributed by atoms with van der Waals surface area (Å²) < 4.78 is 0. The highest BCUT2D eigenvalue weighted by atomic mass is 16.2. The van der Waals surface area contributed by atoms with Gasteiger partial charge in [-0.1, -0.05) is 37.1 Å². The molecule has 4 rings (SSSR count). The first kappa shape index (κ1) is 16.0. The Kier molecular flexibility index (Phi) is 4.35. The van der Waals surface area contributed by atoms with Gasteiger partial charge in [0.05, 0.1) is 5.56 Å². The fourth-order valence-electron chi connectivity index (χ4n) is 3.85. The van der Waals surface area contributed by atoms with Crippen molar-refractivity contribution in [3.8, 4) is 0 Å². The van der Waals surface area contributed by atoms with Crippen LogP contribution in [0.25, 0.3) is 0 Å². The van der Waals surface area contributed by atoms with Gasteiger partial charge in [-0.05, 0) is 42.7 Å². The second-order valence-corrected chi connectivity index (χ2v) is 7.00. The largest absolute Gasteiger partial charge is 0.372 e. The summed E-state index contributed by atoms with van der Waals surface area (Å²) in [5, 5.41) is 3.49. The number of nitrogens with zero attached hydrogens (tertiary/aromatic N) is 2. The number of amides is 1. The number of rotatable bonds is 2. The fourth-order valence-corrected chi connectivity index (χ4v) is 3.85. The molecule has 1 fully saturated rings. The summed E-state index contributed by atoms with van der Waals surface area (Å²) in [4.78, 5) is 16.9. The third-order valence-electron chi connectivity index (χ3n) is 5.34. The molecule has 2 heterocycles. The Bertz CT molecular complexity index is 748. The highest BCUT2D eigenvalue weighted by Gasteiger charge is 2.29. The molecule has 2 aromatic carbocycles. The van der Waals surface area contributed by atoms with Crippen LogP contribution in [0.1, 0.15) is 47.8 Å². The second kappa shape index (κ2) is 6.79. The van der Waals surface area contributed by atoms with E-state index in [4.69, 9.17) is 0 Å². The van der Waals surface area contributed by atoms with Crippen LogP contribution in [0.4, 0.5) is 11.4 Å². The molecule has 0 spiro atoms. The lowest BCUT2D eigenvalue weighted by Gasteiger charge is -2.35. The van der Waals surface area contributed by atoms with Gasteiger partial charge in [0.2, 0.25) is 0 Å². The summed E-state index contributed by atoms with van der Waals surface area (Å²) in [7, 11) is 1.86. The maximum Gasteiger partial charge on any atom is 0.257 e. The van der Waals surface area contributed by atoms with Crippen molar-refractivity contribution in [2.45, 2.75) is 31.8 Å². The topological polar surface area (TPSA) is 35.6 Å². The molecule has 2 aromatic rings. The molecule has 0 bridgehead atoms. The molecule has 4 nitrogen and oxygen atoms in total. The summed E-state index contributed by atoms with van der Waals surface area (Å²) in [5.74, 6) is 0.0657. The third-order valence-corrected chi connectivity index (χ3v) is 5.34. The standard InChI is InChI=1S/C21H25N3O/c1-23-20(22-19-9-5-4-8-18(19)21(23)25)16-10-12-17(13-11-16)24-14-6-2-3-7-15-24/h4-5,8-13,20,22H,2-3,6-7,14-15H2,1H3/t20-/m1/s1. The average Bonchev–Trinajstić information content (AvgIpc) is 2.94. The minimum atomic E-state index is -0.124. The number of fused-ring (bicyclic) bond motifs is 1. The number of anilines is 2. The number of hydrogen-bond acceptors (Lipinski definition) is 3. The summed E-state index contributed by atoms with van der Waals surface area (Å²) in [6.45, 7) is 2.29. The van der Waals surface area contributed by atoms with Crippen LogP contribution in [0.3, 0.4) is 0 Å². The number of carbonyl (C=O) groups is 1. The molecule has 1 amide bonds. The Morgan fingerprint density at radius 1 is 0.920 bits per heavy atom. The number of para-hydroxylation sites is 1. The van der Waals surface area contributed by atoms with E-state index in [1.54, 1.807) is 4.90 Å². The first-order valence-corrected chi connectivity index (χ1v) is 9.22. The van der Waals surface area contributed by atoms with Gasteiger partial charge >= 0.3 is 0 Å². The smallest absolute Gasteiger partial charge is 0.257 e. The van der Waals surface area contributed by atoms with Crippen LogP contribution in [0.2, 0.25) is 0 Å². The molecule has 0 saturated carbocycles. The number of carbonyl (C=O) groups excluding carboxylic acids is 1. The molecule has 0 radical (unpaired) electrons. The van der Waals surface area contributed by atoms with Crippen LogP contribution in [0.5, 0.6) is 0 Å². The Labute approximate surface area is 149 Å². The van der Waals surface area contributed by atoms with Crippen LogP contribution in [0.15, 0.2) is 48.5 Å². The van der Waals surface area contributed by atoms with E-state index in [9.17, 15) is 4.79 Å². The lowest BCUT2D eigenvalue weighted by molar-refractivity contribution is 0.0735. The second-order valence-electron chi connectivity index (χ2n) is 7.00. The van der Waals surface area contributed by atoms with Gasteiger partial charge in [-0.15, -0.1) is 0 Å². The zero-order valence-electron chi connectivity index (χ0n) is 14.7. The van der Waals surface area contributed by atoms with Crippen LogP contribution in [0, 0.1) is 0 Å². The van der Waals surface area contributed by atoms with Crippen LogP contribution in [-0.2, 0) is 0 Å². The van der Waals surface area contributed by atoms with Crippen molar-refractivity contribution in [1.82, 2.24) is 4.90 Å². The van der Waals surface area contributed by atoms with Gasteiger partial charge in [0, 0.05) is 31.5 Å². The third kappa shape index (κ3) is 3.09. The van der Waals surface area contributed by atoms with Crippen LogP contribution in [-0.4, -0.2) is 30.9 Å². The van der Waals surface area contributed by atoms with Gasteiger partial charge in [-0.2, -0.15) is 0 Å². The zero-order chi connectivity index (χ0) is 17.2. The SMILES string of the molecule is CN1C(=O)c2ccccc2N[C@H]1c1ccc(N2CCCCCC2)cc1. The van der Waals surface area contributed by atoms with Crippen molar-refractivity contribution >= 4 is 17.3 Å². The van der Waals surface area contributed by atoms with Crippen molar-refractivity contribution in [2.24, 2.45) is 0 Å². The molecule has 2 aliphatic heterocycles. The Morgan fingerprint density at radius 2 is 1.60 bits per heavy atom. The minimum Gasteiger partial charge on any atom is -0.372 e. The van der Waals surface area contributed by atoms with Crippen molar-refractivity contribution in [2.75, 3.05) is 30.4 Å². The highest BCUT2D eigenvalue weighted by Crippen LogP contribution is 2.32. The Hall–Kier alpha value is -2.49. The van der Waals surface area contributed by atoms with E-state index < -0.39 is 0 Å². The van der Waals surface area contributed by atoms with E-state index in [-0.39, 0.29) is 12.1 Å². The van der Waals surface area contributed by atoms with Gasteiger partial charge in [0.15, 0.2) is 0 Å². The van der Waals surface area contributed by atoms with E-state index in [1.807, 2.05) is 31.3 Å². The lowest BCUT2D eigenvalue weighted by Crippen LogP contribution is -2.40. The molecular formula is C21H25N3O. The van der Waals surface area contributed by atoms with E-state index in [2.05, 4.69) is 34.5 Å². The van der Waals surface area contributed by atoms with Gasteiger partial charge < -0.3 is 15.1 Å². The molecule has 0 aromatic heterocycles. The molecule has 0 unspecified atom stereocenters. The van der Waals surface area contributed by atoms with E-state index in [0.29, 0.717) is 0 Å². The maximum absolute atomic E-state index is 12.6. The fraction of sp³-hybridized carbons (Fsp3) is 0.381. The van der Waals surface area contributed by atoms with Crippen LogP contribution < -0.4 is 10.2 Å². The minimum absolute atomic E-state index is 0.0657. The summed E-state index contributed by atoms with van der Waals surface area (Å²) in [5.41, 5.74) is 4.05. The molecule has 25 heavy (non-hydrogen) atoms. The summed E-state index contributed by atoms with van der Waals surface area (Å²) in [6, 6.07) is 16.4. The molecule has 4 heteroatoms. The Morgan fingerprint density at radius 3 is 2.32 bits per heavy atom. The average molecular weight is 335 g/mol. The highest BCUT2D eigenvalue weighted by molar-refractivity contribution is 6.01. The van der Waals surface area contributed by atoms with Crippen molar-refractivity contribution in [1.29, 1.82) is 0 Å². The number of nitrogens with one attached hydrogen (secondary N) is 1. The predicted molar refractivity (Wildman–Crippen MR) is 102 cm³/mol. The molecule has 1 saturated heterocycles. The summed E-state index contributed by atoms with van der Waals surface area (Å²) in [6.07, 6.45) is 5.11. The Balaban J connectivity index is 1.57. The van der Waals surface area contributed by atoms with Crippen LogP contribution >= 0.6 is 0 Å². The first-order valence-electron chi connectivity index (χ1n) is 9.22. The maximum atomic E-state index is 12.6. The monoisotopic (exact) mass is 335 g/mol. The summed E-state index contributed by atoms with van der Waals surface area (Å²) >= 11 is 0. The van der Waals surface area contributed by atoms with E-state index in [1.165, 1.54) is 31.4 Å².